The molecule has 1 aliphatic rings. The Morgan fingerprint density at radius 3 is 2.71 bits per heavy atom. The molecule has 1 amide bonds. The number of esters is 1. The monoisotopic (exact) mass is 337 g/mol. The third kappa shape index (κ3) is 4.46. The van der Waals surface area contributed by atoms with Crippen LogP contribution in [0.5, 0.6) is 5.75 Å². The second-order valence-corrected chi connectivity index (χ2v) is 6.37. The lowest BCUT2D eigenvalue weighted by Crippen LogP contribution is -2.45. The summed E-state index contributed by atoms with van der Waals surface area (Å²) in [6.07, 6.45) is 3.20. The molecule has 0 spiro atoms. The lowest BCUT2D eigenvalue weighted by atomic mass is 9.78. The molecular formula is C18H24FNO4. The number of carbonyl (C=O) groups is 2. The average molecular weight is 337 g/mol. The number of carbonyl (C=O) groups excluding carboxylic acids is 2. The van der Waals surface area contributed by atoms with Gasteiger partial charge in [0.15, 0.2) is 18.2 Å². The molecule has 0 radical (unpaired) electrons. The highest BCUT2D eigenvalue weighted by Crippen LogP contribution is 2.29. The van der Waals surface area contributed by atoms with Gasteiger partial charge >= 0.3 is 5.97 Å². The van der Waals surface area contributed by atoms with Gasteiger partial charge in [-0.1, -0.05) is 26.7 Å². The fourth-order valence-electron chi connectivity index (χ4n) is 3.04. The van der Waals surface area contributed by atoms with Gasteiger partial charge < -0.3 is 14.8 Å². The molecule has 0 heterocycles. The highest BCUT2D eigenvalue weighted by atomic mass is 19.1. The van der Waals surface area contributed by atoms with E-state index >= 15 is 0 Å². The van der Waals surface area contributed by atoms with Gasteiger partial charge in [-0.05, 0) is 36.5 Å². The molecule has 1 aliphatic carbocycles. The van der Waals surface area contributed by atoms with E-state index < -0.39 is 11.8 Å². The SMILES string of the molecule is COc1ccc(C(=O)OCC(=O)N[C@@H]2CCC[C@@H](C)[C@H]2C)cc1F. The predicted molar refractivity (Wildman–Crippen MR) is 87.3 cm³/mol. The molecule has 5 nitrogen and oxygen atoms in total. The fourth-order valence-corrected chi connectivity index (χ4v) is 3.04. The first-order valence-corrected chi connectivity index (χ1v) is 8.22. The van der Waals surface area contributed by atoms with E-state index in [1.54, 1.807) is 0 Å². The van der Waals surface area contributed by atoms with Crippen LogP contribution in [0, 0.1) is 17.7 Å². The molecule has 0 bridgehead atoms. The first-order chi connectivity index (χ1) is 11.4. The van der Waals surface area contributed by atoms with Crippen LogP contribution in [0.2, 0.25) is 0 Å². The van der Waals surface area contributed by atoms with Gasteiger partial charge in [-0.15, -0.1) is 0 Å². The first kappa shape index (κ1) is 18.2. The molecule has 2 rings (SSSR count). The molecule has 1 aromatic rings. The Morgan fingerprint density at radius 1 is 1.29 bits per heavy atom. The molecule has 1 N–H and O–H groups in total. The Kier molecular flexibility index (Phi) is 6.17. The normalized spacial score (nSPS) is 23.4. The molecule has 0 unspecified atom stereocenters. The summed E-state index contributed by atoms with van der Waals surface area (Å²) in [7, 11) is 1.34. The Morgan fingerprint density at radius 2 is 2.04 bits per heavy atom. The zero-order chi connectivity index (χ0) is 17.7. The molecule has 6 heteroatoms. The summed E-state index contributed by atoms with van der Waals surface area (Å²) in [6, 6.07) is 3.88. The van der Waals surface area contributed by atoms with Crippen molar-refractivity contribution in [2.45, 2.75) is 39.2 Å². The molecule has 1 aromatic carbocycles. The van der Waals surface area contributed by atoms with Crippen molar-refractivity contribution in [1.82, 2.24) is 5.32 Å². The highest BCUT2D eigenvalue weighted by Gasteiger charge is 2.28. The van der Waals surface area contributed by atoms with E-state index in [1.165, 1.54) is 25.7 Å². The Bertz CT molecular complexity index is 605. The minimum atomic E-state index is -0.739. The smallest absolute Gasteiger partial charge is 0.338 e. The maximum atomic E-state index is 13.6. The van der Waals surface area contributed by atoms with Gasteiger partial charge in [-0.25, -0.2) is 9.18 Å². The van der Waals surface area contributed by atoms with Gasteiger partial charge in [0.05, 0.1) is 12.7 Å². The Balaban J connectivity index is 1.85. The van der Waals surface area contributed by atoms with Crippen LogP contribution in [0.15, 0.2) is 18.2 Å². The number of benzene rings is 1. The predicted octanol–water partition coefficient (Wildman–Crippen LogP) is 2.93. The Labute approximate surface area is 141 Å². The third-order valence-corrected chi connectivity index (χ3v) is 4.78. The van der Waals surface area contributed by atoms with Crippen molar-refractivity contribution in [3.05, 3.63) is 29.6 Å². The molecule has 1 saturated carbocycles. The number of nitrogens with one attached hydrogen (secondary N) is 1. The maximum Gasteiger partial charge on any atom is 0.338 e. The van der Waals surface area contributed by atoms with Crippen LogP contribution < -0.4 is 10.1 Å². The number of hydrogen-bond donors (Lipinski definition) is 1. The standard InChI is InChI=1S/C18H24FNO4/c1-11-5-4-6-15(12(11)2)20-17(21)10-24-18(22)13-7-8-16(23-3)14(19)9-13/h7-9,11-12,15H,4-6,10H2,1-3H3,(H,20,21)/t11-,12-,15-/m1/s1. The lowest BCUT2D eigenvalue weighted by Gasteiger charge is -2.34. The molecule has 132 valence electrons. The number of rotatable bonds is 5. The average Bonchev–Trinajstić information content (AvgIpc) is 2.56. The van der Waals surface area contributed by atoms with Crippen molar-refractivity contribution < 1.29 is 23.5 Å². The van der Waals surface area contributed by atoms with Crippen LogP contribution >= 0.6 is 0 Å². The summed E-state index contributed by atoms with van der Waals surface area (Å²) in [5.41, 5.74) is 0.0424. The second-order valence-electron chi connectivity index (χ2n) is 6.37. The van der Waals surface area contributed by atoms with E-state index in [1.807, 2.05) is 0 Å². The van der Waals surface area contributed by atoms with E-state index in [9.17, 15) is 14.0 Å². The van der Waals surface area contributed by atoms with E-state index in [-0.39, 0.29) is 29.9 Å². The molecule has 0 aromatic heterocycles. The van der Waals surface area contributed by atoms with Crippen LogP contribution in [0.3, 0.4) is 0 Å². The fraction of sp³-hybridized carbons (Fsp3) is 0.556. The number of ether oxygens (including phenoxy) is 2. The molecular weight excluding hydrogens is 313 g/mol. The molecule has 3 atom stereocenters. The van der Waals surface area contributed by atoms with Crippen molar-refractivity contribution in [2.75, 3.05) is 13.7 Å². The van der Waals surface area contributed by atoms with Crippen LogP contribution in [-0.4, -0.2) is 31.6 Å². The van der Waals surface area contributed by atoms with Gasteiger partial charge in [-0.3, -0.25) is 4.79 Å². The summed E-state index contributed by atoms with van der Waals surface area (Å²) in [6.45, 7) is 3.94. The summed E-state index contributed by atoms with van der Waals surface area (Å²) < 4.78 is 23.3. The van der Waals surface area contributed by atoms with E-state index in [4.69, 9.17) is 9.47 Å². The van der Waals surface area contributed by atoms with Crippen molar-refractivity contribution >= 4 is 11.9 Å². The summed E-state index contributed by atoms with van der Waals surface area (Å²) >= 11 is 0. The number of methoxy groups -OCH3 is 1. The topological polar surface area (TPSA) is 64.6 Å². The van der Waals surface area contributed by atoms with Gasteiger partial charge in [0.25, 0.3) is 5.91 Å². The maximum absolute atomic E-state index is 13.6. The van der Waals surface area contributed by atoms with E-state index in [2.05, 4.69) is 19.2 Å². The first-order valence-electron chi connectivity index (χ1n) is 8.22. The Hall–Kier alpha value is -2.11. The summed E-state index contributed by atoms with van der Waals surface area (Å²) in [4.78, 5) is 23.9. The lowest BCUT2D eigenvalue weighted by molar-refractivity contribution is -0.125. The summed E-state index contributed by atoms with van der Waals surface area (Å²) in [5.74, 6) is -0.714. The molecule has 24 heavy (non-hydrogen) atoms. The quantitative estimate of drug-likeness (QED) is 0.839. The number of halogens is 1. The van der Waals surface area contributed by atoms with Crippen LogP contribution in [0.1, 0.15) is 43.5 Å². The zero-order valence-electron chi connectivity index (χ0n) is 14.3. The highest BCUT2D eigenvalue weighted by molar-refractivity contribution is 5.91. The van der Waals surface area contributed by atoms with E-state index in [0.29, 0.717) is 11.8 Å². The van der Waals surface area contributed by atoms with Gasteiger partial charge in [0, 0.05) is 6.04 Å². The van der Waals surface area contributed by atoms with Crippen molar-refractivity contribution in [3.8, 4) is 5.75 Å². The van der Waals surface area contributed by atoms with Gasteiger partial charge in [-0.2, -0.15) is 0 Å². The van der Waals surface area contributed by atoms with Crippen molar-refractivity contribution in [1.29, 1.82) is 0 Å². The van der Waals surface area contributed by atoms with Crippen LogP contribution in [0.25, 0.3) is 0 Å². The van der Waals surface area contributed by atoms with Gasteiger partial charge in [0.2, 0.25) is 0 Å². The zero-order valence-corrected chi connectivity index (χ0v) is 14.3. The van der Waals surface area contributed by atoms with Crippen molar-refractivity contribution in [3.63, 3.8) is 0 Å². The molecule has 0 saturated heterocycles. The van der Waals surface area contributed by atoms with Crippen molar-refractivity contribution in [2.24, 2.45) is 11.8 Å². The van der Waals surface area contributed by atoms with Gasteiger partial charge in [0.1, 0.15) is 0 Å². The van der Waals surface area contributed by atoms with E-state index in [0.717, 1.165) is 18.9 Å². The third-order valence-electron chi connectivity index (χ3n) is 4.78. The van der Waals surface area contributed by atoms with Crippen LogP contribution in [-0.2, 0) is 9.53 Å². The molecule has 1 fully saturated rings. The number of hydrogen-bond acceptors (Lipinski definition) is 4. The molecule has 0 aliphatic heterocycles. The minimum Gasteiger partial charge on any atom is -0.494 e. The minimum absolute atomic E-state index is 0.0424. The number of amides is 1. The van der Waals surface area contributed by atoms with Crippen LogP contribution in [0.4, 0.5) is 4.39 Å². The summed E-state index contributed by atoms with van der Waals surface area (Å²) in [5, 5.41) is 2.93. The largest absolute Gasteiger partial charge is 0.494 e. The second kappa shape index (κ2) is 8.13.